The van der Waals surface area contributed by atoms with Crippen molar-refractivity contribution in [3.63, 3.8) is 0 Å². The van der Waals surface area contributed by atoms with Crippen LogP contribution in [0.25, 0.3) is 0 Å². The maximum absolute atomic E-state index is 4.44. The van der Waals surface area contributed by atoms with E-state index < -0.39 is 0 Å². The number of rotatable bonds is 3. The SMILES string of the molecule is Brc1cnc([Se][Se]c2ncc(Br)cc2Br)c(Br)c1. The predicted molar refractivity (Wildman–Crippen MR) is 90.1 cm³/mol. The van der Waals surface area contributed by atoms with E-state index in [-0.39, 0.29) is 0 Å². The molecule has 8 heteroatoms. The second-order valence-electron chi connectivity index (χ2n) is 3.05. The Kier molecular flexibility index (Phi) is 6.36. The second-order valence-corrected chi connectivity index (χ2v) is 12.5. The van der Waals surface area contributed by atoms with E-state index in [1.54, 1.807) is 0 Å². The van der Waals surface area contributed by atoms with Crippen molar-refractivity contribution in [1.82, 2.24) is 9.97 Å². The normalized spacial score (nSPS) is 10.7. The van der Waals surface area contributed by atoms with Gasteiger partial charge in [-0.1, -0.05) is 0 Å². The number of hydrogen-bond donors (Lipinski definition) is 0. The zero-order valence-corrected chi connectivity index (χ0v) is 18.3. The first kappa shape index (κ1) is 15.6. The van der Waals surface area contributed by atoms with Gasteiger partial charge in [0.2, 0.25) is 0 Å². The van der Waals surface area contributed by atoms with Crippen LogP contribution in [-0.2, 0) is 0 Å². The summed E-state index contributed by atoms with van der Waals surface area (Å²) in [7, 11) is 0. The molecule has 0 aromatic carbocycles. The molecule has 0 unspecified atom stereocenters. The Morgan fingerprint density at radius 2 is 1.11 bits per heavy atom. The van der Waals surface area contributed by atoms with Gasteiger partial charge in [0.1, 0.15) is 0 Å². The topological polar surface area (TPSA) is 25.8 Å². The van der Waals surface area contributed by atoms with Gasteiger partial charge in [-0.25, -0.2) is 0 Å². The van der Waals surface area contributed by atoms with Crippen LogP contribution in [0.4, 0.5) is 0 Å². The maximum atomic E-state index is 4.44. The van der Waals surface area contributed by atoms with Gasteiger partial charge >= 0.3 is 152 Å². The van der Waals surface area contributed by atoms with Gasteiger partial charge in [0.05, 0.1) is 0 Å². The average Bonchev–Trinajstić information content (AvgIpc) is 2.30. The molecule has 0 fully saturated rings. The quantitative estimate of drug-likeness (QED) is 0.489. The molecule has 2 rings (SSSR count). The molecule has 2 heterocycles. The van der Waals surface area contributed by atoms with Crippen LogP contribution in [-0.4, -0.2) is 36.2 Å². The van der Waals surface area contributed by atoms with Crippen LogP contribution in [0.3, 0.4) is 0 Å². The van der Waals surface area contributed by atoms with Crippen molar-refractivity contribution in [1.29, 1.82) is 0 Å². The number of hydrogen-bond acceptors (Lipinski definition) is 2. The zero-order chi connectivity index (χ0) is 13.1. The molecule has 0 radical (unpaired) electrons. The van der Waals surface area contributed by atoms with E-state index in [0.717, 1.165) is 27.1 Å². The van der Waals surface area contributed by atoms with Gasteiger partial charge in [-0.05, 0) is 0 Å². The van der Waals surface area contributed by atoms with Crippen LogP contribution < -0.4 is 9.18 Å². The Labute approximate surface area is 150 Å². The fraction of sp³-hybridized carbons (Fsp3) is 0. The van der Waals surface area contributed by atoms with E-state index in [9.17, 15) is 0 Å². The first-order valence-corrected chi connectivity index (χ1v) is 13.7. The van der Waals surface area contributed by atoms with E-state index >= 15 is 0 Å². The van der Waals surface area contributed by atoms with E-state index in [0.29, 0.717) is 26.3 Å². The van der Waals surface area contributed by atoms with E-state index in [1.807, 2.05) is 24.5 Å². The average molecular weight is 630 g/mol. The van der Waals surface area contributed by atoms with E-state index in [2.05, 4.69) is 73.7 Å². The second kappa shape index (κ2) is 7.32. The van der Waals surface area contributed by atoms with Gasteiger partial charge in [0.15, 0.2) is 0 Å². The molecule has 0 aliphatic carbocycles. The summed E-state index contributed by atoms with van der Waals surface area (Å²) in [6.07, 6.45) is 3.67. The number of aromatic nitrogens is 2. The van der Waals surface area contributed by atoms with E-state index in [1.165, 1.54) is 0 Å². The van der Waals surface area contributed by atoms with Crippen molar-refractivity contribution in [2.75, 3.05) is 0 Å². The standard InChI is InChI=1S/C10H4Br4N2Se2/c11-5-1-7(13)9(15-3-5)17-18-10-8(14)2-6(12)4-16-10/h1-4H. The molecule has 0 aliphatic heterocycles. The Hall–Kier alpha value is 1.26. The molecule has 0 bridgehead atoms. The van der Waals surface area contributed by atoms with Gasteiger partial charge in [0.25, 0.3) is 0 Å². The third-order valence-electron chi connectivity index (χ3n) is 1.75. The molecular weight excluding hydrogens is 626 g/mol. The van der Waals surface area contributed by atoms with Crippen LogP contribution in [0.1, 0.15) is 0 Å². The molecule has 0 saturated heterocycles. The molecular formula is C10H4Br4N2Se2. The molecule has 2 nitrogen and oxygen atoms in total. The molecule has 0 N–H and O–H groups in total. The van der Waals surface area contributed by atoms with Crippen molar-refractivity contribution in [2.24, 2.45) is 0 Å². The molecule has 94 valence electrons. The first-order valence-electron chi connectivity index (χ1n) is 4.53. The summed E-state index contributed by atoms with van der Waals surface area (Å²) in [4.78, 5) is 8.87. The molecule has 0 saturated carbocycles. The minimum atomic E-state index is 0.315. The minimum absolute atomic E-state index is 0.315. The number of nitrogens with zero attached hydrogens (tertiary/aromatic N) is 2. The number of halogens is 4. The summed E-state index contributed by atoms with van der Waals surface area (Å²) in [5.41, 5.74) is 0. The van der Waals surface area contributed by atoms with Crippen molar-refractivity contribution >= 4 is 99.2 Å². The van der Waals surface area contributed by atoms with Crippen molar-refractivity contribution in [3.05, 3.63) is 42.4 Å². The molecule has 18 heavy (non-hydrogen) atoms. The molecule has 0 aliphatic rings. The predicted octanol–water partition coefficient (Wildman–Crippen LogP) is 2.80. The van der Waals surface area contributed by atoms with E-state index in [4.69, 9.17) is 0 Å². The first-order chi connectivity index (χ1) is 8.56. The zero-order valence-electron chi connectivity index (χ0n) is 8.53. The Morgan fingerprint density at radius 3 is 1.44 bits per heavy atom. The molecule has 2 aromatic heterocycles. The Balaban J connectivity index is 2.11. The summed E-state index contributed by atoms with van der Waals surface area (Å²) in [6, 6.07) is 4.06. The summed E-state index contributed by atoms with van der Waals surface area (Å²) in [6.45, 7) is 0. The van der Waals surface area contributed by atoms with Gasteiger partial charge in [-0.15, -0.1) is 0 Å². The molecule has 2 aromatic rings. The summed E-state index contributed by atoms with van der Waals surface area (Å²) >= 11 is 14.5. The molecule has 0 spiro atoms. The third-order valence-corrected chi connectivity index (χ3v) is 11.6. The van der Waals surface area contributed by atoms with Crippen LogP contribution in [0, 0.1) is 0 Å². The summed E-state index contributed by atoms with van der Waals surface area (Å²) in [5, 5.41) is 0. The van der Waals surface area contributed by atoms with Crippen molar-refractivity contribution in [2.45, 2.75) is 0 Å². The van der Waals surface area contributed by atoms with Crippen LogP contribution in [0.2, 0.25) is 0 Å². The van der Waals surface area contributed by atoms with Gasteiger partial charge in [0, 0.05) is 0 Å². The molecule has 0 atom stereocenters. The summed E-state index contributed by atoms with van der Waals surface area (Å²) in [5.74, 6) is 0. The van der Waals surface area contributed by atoms with Crippen molar-refractivity contribution < 1.29 is 0 Å². The van der Waals surface area contributed by atoms with Crippen LogP contribution in [0.5, 0.6) is 0 Å². The van der Waals surface area contributed by atoms with Crippen LogP contribution in [0.15, 0.2) is 42.4 Å². The van der Waals surface area contributed by atoms with Crippen LogP contribution >= 0.6 is 63.7 Å². The summed E-state index contributed by atoms with van der Waals surface area (Å²) < 4.78 is 6.36. The Bertz CT molecular complexity index is 528. The number of pyridine rings is 2. The third kappa shape index (κ3) is 4.38. The Morgan fingerprint density at radius 1 is 0.722 bits per heavy atom. The fourth-order valence-corrected chi connectivity index (χ4v) is 12.3. The fourth-order valence-electron chi connectivity index (χ4n) is 1.01. The van der Waals surface area contributed by atoms with Crippen molar-refractivity contribution in [3.8, 4) is 0 Å². The monoisotopic (exact) mass is 628 g/mol. The molecule has 0 amide bonds. The van der Waals surface area contributed by atoms with Gasteiger partial charge < -0.3 is 0 Å². The van der Waals surface area contributed by atoms with Gasteiger partial charge in [-0.3, -0.25) is 0 Å². The van der Waals surface area contributed by atoms with Gasteiger partial charge in [-0.2, -0.15) is 0 Å².